The third-order valence-corrected chi connectivity index (χ3v) is 4.23. The van der Waals surface area contributed by atoms with E-state index in [1.807, 2.05) is 4.57 Å². The van der Waals surface area contributed by atoms with E-state index in [2.05, 4.69) is 18.8 Å². The molecule has 3 nitrogen and oxygen atoms in total. The van der Waals surface area contributed by atoms with Gasteiger partial charge in [-0.2, -0.15) is 0 Å². The van der Waals surface area contributed by atoms with Crippen LogP contribution in [0.3, 0.4) is 0 Å². The highest BCUT2D eigenvalue weighted by Crippen LogP contribution is 2.52. The summed E-state index contributed by atoms with van der Waals surface area (Å²) in [5.74, 6) is 0.575. The van der Waals surface area contributed by atoms with Crippen molar-refractivity contribution >= 4 is 28.6 Å². The number of halogens is 2. The smallest absolute Gasteiger partial charge is 0.201 e. The molecular formula is C13H15ClFN3. The third kappa shape index (κ3) is 1.75. The van der Waals surface area contributed by atoms with E-state index in [1.165, 1.54) is 18.6 Å². The van der Waals surface area contributed by atoms with Crippen molar-refractivity contribution in [1.29, 1.82) is 0 Å². The first kappa shape index (κ1) is 11.8. The molecule has 96 valence electrons. The Hall–Kier alpha value is -1.29. The normalized spacial score (nSPS) is 21.4. The van der Waals surface area contributed by atoms with Gasteiger partial charge in [-0.1, -0.05) is 25.4 Å². The number of nitrogens with two attached hydrogens (primary N) is 1. The fraction of sp³-hybridized carbons (Fsp3) is 0.462. The van der Waals surface area contributed by atoms with Crippen LogP contribution in [0.5, 0.6) is 0 Å². The van der Waals surface area contributed by atoms with E-state index in [1.54, 1.807) is 0 Å². The van der Waals surface area contributed by atoms with E-state index in [4.69, 9.17) is 17.3 Å². The standard InChI is InChI=1S/C13H15ClFN3/c1-13(2)5-7(13)6-18-11-4-9(15)8(14)3-10(11)17-12(18)16/h3-4,7H,5-6H2,1-2H3,(H2,16,17). The maximum absolute atomic E-state index is 13.5. The minimum absolute atomic E-state index is 0.0823. The molecule has 1 aliphatic rings. The summed E-state index contributed by atoms with van der Waals surface area (Å²) in [5, 5.41) is 0.0823. The molecule has 1 aromatic carbocycles. The molecule has 5 heteroatoms. The number of imidazole rings is 1. The van der Waals surface area contributed by atoms with Gasteiger partial charge in [0.2, 0.25) is 5.95 Å². The quantitative estimate of drug-likeness (QED) is 0.906. The SMILES string of the molecule is CC1(C)CC1Cn1c(N)nc2cc(Cl)c(F)cc21. The Balaban J connectivity index is 2.05. The van der Waals surface area contributed by atoms with Gasteiger partial charge in [-0.05, 0) is 23.8 Å². The first-order valence-electron chi connectivity index (χ1n) is 5.99. The Morgan fingerprint density at radius 1 is 1.56 bits per heavy atom. The molecule has 2 N–H and O–H groups in total. The second kappa shape index (κ2) is 3.60. The summed E-state index contributed by atoms with van der Waals surface area (Å²) in [4.78, 5) is 4.23. The van der Waals surface area contributed by atoms with Gasteiger partial charge in [0.1, 0.15) is 5.82 Å². The first-order valence-corrected chi connectivity index (χ1v) is 6.37. The van der Waals surface area contributed by atoms with E-state index in [9.17, 15) is 4.39 Å². The fourth-order valence-corrected chi connectivity index (χ4v) is 2.60. The largest absolute Gasteiger partial charge is 0.369 e. The lowest BCUT2D eigenvalue weighted by molar-refractivity contribution is 0.507. The van der Waals surface area contributed by atoms with Crippen molar-refractivity contribution in [2.45, 2.75) is 26.8 Å². The van der Waals surface area contributed by atoms with Crippen LogP contribution in [-0.4, -0.2) is 9.55 Å². The summed E-state index contributed by atoms with van der Waals surface area (Å²) in [6, 6.07) is 2.94. The average molecular weight is 268 g/mol. The number of benzene rings is 1. The maximum Gasteiger partial charge on any atom is 0.201 e. The fourth-order valence-electron chi connectivity index (χ4n) is 2.44. The van der Waals surface area contributed by atoms with Gasteiger partial charge < -0.3 is 10.3 Å². The molecule has 0 bridgehead atoms. The second-order valence-corrected chi connectivity index (χ2v) is 6.13. The predicted molar refractivity (Wildman–Crippen MR) is 71.0 cm³/mol. The van der Waals surface area contributed by atoms with E-state index in [-0.39, 0.29) is 5.02 Å². The van der Waals surface area contributed by atoms with Crippen LogP contribution in [0.1, 0.15) is 20.3 Å². The molecule has 3 rings (SSSR count). The van der Waals surface area contributed by atoms with E-state index < -0.39 is 5.82 Å². The number of hydrogen-bond donors (Lipinski definition) is 1. The molecule has 0 aliphatic heterocycles. The minimum atomic E-state index is -0.430. The van der Waals surface area contributed by atoms with Crippen LogP contribution in [0.2, 0.25) is 5.02 Å². The van der Waals surface area contributed by atoms with Crippen LogP contribution in [0.15, 0.2) is 12.1 Å². The van der Waals surface area contributed by atoms with Crippen LogP contribution in [0, 0.1) is 17.2 Å². The Morgan fingerprint density at radius 2 is 2.22 bits per heavy atom. The monoisotopic (exact) mass is 267 g/mol. The molecule has 1 unspecified atom stereocenters. The highest BCUT2D eigenvalue weighted by atomic mass is 35.5. The van der Waals surface area contributed by atoms with Crippen molar-refractivity contribution in [3.8, 4) is 0 Å². The van der Waals surface area contributed by atoms with E-state index in [0.717, 1.165) is 12.1 Å². The maximum atomic E-state index is 13.5. The van der Waals surface area contributed by atoms with Crippen LogP contribution < -0.4 is 5.73 Å². The number of hydrogen-bond acceptors (Lipinski definition) is 2. The number of fused-ring (bicyclic) bond motifs is 1. The first-order chi connectivity index (χ1) is 8.38. The summed E-state index contributed by atoms with van der Waals surface area (Å²) in [5.41, 5.74) is 7.63. The number of aromatic nitrogens is 2. The molecule has 1 aromatic heterocycles. The topological polar surface area (TPSA) is 43.8 Å². The van der Waals surface area contributed by atoms with Crippen molar-refractivity contribution < 1.29 is 4.39 Å². The van der Waals surface area contributed by atoms with Gasteiger partial charge in [0.15, 0.2) is 0 Å². The Bertz CT molecular complexity index is 633. The van der Waals surface area contributed by atoms with Gasteiger partial charge in [0.05, 0.1) is 16.1 Å². The van der Waals surface area contributed by atoms with E-state index >= 15 is 0 Å². The van der Waals surface area contributed by atoms with Gasteiger partial charge in [-0.15, -0.1) is 0 Å². The van der Waals surface area contributed by atoms with Crippen molar-refractivity contribution in [2.24, 2.45) is 11.3 Å². The zero-order valence-corrected chi connectivity index (χ0v) is 11.1. The Kier molecular flexibility index (Phi) is 2.36. The van der Waals surface area contributed by atoms with Gasteiger partial charge in [0.25, 0.3) is 0 Å². The molecule has 0 saturated heterocycles. The molecule has 18 heavy (non-hydrogen) atoms. The van der Waals surface area contributed by atoms with Gasteiger partial charge in [0, 0.05) is 12.6 Å². The van der Waals surface area contributed by atoms with Crippen molar-refractivity contribution in [1.82, 2.24) is 9.55 Å². The van der Waals surface area contributed by atoms with Crippen LogP contribution in [-0.2, 0) is 6.54 Å². The summed E-state index contributed by atoms with van der Waals surface area (Å²) in [6.45, 7) is 5.24. The highest BCUT2D eigenvalue weighted by Gasteiger charge is 2.45. The third-order valence-electron chi connectivity index (χ3n) is 3.94. The van der Waals surface area contributed by atoms with Crippen molar-refractivity contribution in [3.63, 3.8) is 0 Å². The van der Waals surface area contributed by atoms with E-state index in [0.29, 0.717) is 22.8 Å². The van der Waals surface area contributed by atoms with Gasteiger partial charge in [-0.25, -0.2) is 9.37 Å². The predicted octanol–water partition coefficient (Wildman–Crippen LogP) is 3.46. The summed E-state index contributed by atoms with van der Waals surface area (Å²) < 4.78 is 15.4. The zero-order valence-electron chi connectivity index (χ0n) is 10.4. The summed E-state index contributed by atoms with van der Waals surface area (Å²) >= 11 is 5.75. The lowest BCUT2D eigenvalue weighted by Crippen LogP contribution is -2.07. The van der Waals surface area contributed by atoms with Crippen LogP contribution >= 0.6 is 11.6 Å². The van der Waals surface area contributed by atoms with Crippen molar-refractivity contribution in [2.75, 3.05) is 5.73 Å². The number of anilines is 1. The number of nitrogen functional groups attached to an aromatic ring is 1. The molecule has 1 fully saturated rings. The van der Waals surface area contributed by atoms with Crippen LogP contribution in [0.25, 0.3) is 11.0 Å². The second-order valence-electron chi connectivity index (χ2n) is 5.73. The Labute approximate surface area is 110 Å². The van der Waals surface area contributed by atoms with Crippen molar-refractivity contribution in [3.05, 3.63) is 23.0 Å². The molecule has 0 spiro atoms. The summed E-state index contributed by atoms with van der Waals surface area (Å²) in [6.07, 6.45) is 1.17. The zero-order chi connectivity index (χ0) is 13.1. The lowest BCUT2D eigenvalue weighted by atomic mass is 10.1. The van der Waals surface area contributed by atoms with Crippen LogP contribution in [0.4, 0.5) is 10.3 Å². The molecule has 0 amide bonds. The molecule has 1 aliphatic carbocycles. The molecular weight excluding hydrogens is 253 g/mol. The number of nitrogens with zero attached hydrogens (tertiary/aromatic N) is 2. The number of rotatable bonds is 2. The Morgan fingerprint density at radius 3 is 2.83 bits per heavy atom. The van der Waals surface area contributed by atoms with Gasteiger partial charge >= 0.3 is 0 Å². The molecule has 1 saturated carbocycles. The highest BCUT2D eigenvalue weighted by molar-refractivity contribution is 6.31. The molecule has 2 aromatic rings. The molecule has 1 atom stereocenters. The van der Waals surface area contributed by atoms with Gasteiger partial charge in [-0.3, -0.25) is 0 Å². The molecule has 0 radical (unpaired) electrons. The minimum Gasteiger partial charge on any atom is -0.369 e. The average Bonchev–Trinajstić information content (AvgIpc) is 2.76. The molecule has 1 heterocycles. The summed E-state index contributed by atoms with van der Waals surface area (Å²) in [7, 11) is 0. The lowest BCUT2D eigenvalue weighted by Gasteiger charge is -2.08.